The summed E-state index contributed by atoms with van der Waals surface area (Å²) >= 11 is 0. The molecular formula is C19H28N2O2. The predicted octanol–water partition coefficient (Wildman–Crippen LogP) is 3.20. The predicted molar refractivity (Wildman–Crippen MR) is 94.9 cm³/mol. The van der Waals surface area contributed by atoms with Gasteiger partial charge in [-0.1, -0.05) is 30.8 Å². The molecule has 0 bridgehead atoms. The molecular weight excluding hydrogens is 288 g/mol. The SMILES string of the molecule is C=CO/C(C=O)=C\C.CN1CCC(c2cccc(CN)c2)CC1. The largest absolute Gasteiger partial charge is 0.463 e. The minimum atomic E-state index is 0.292. The van der Waals surface area contributed by atoms with E-state index < -0.39 is 0 Å². The fourth-order valence-electron chi connectivity index (χ4n) is 2.58. The number of likely N-dealkylation sites (tertiary alicyclic amines) is 1. The normalized spacial score (nSPS) is 16.2. The van der Waals surface area contributed by atoms with E-state index in [1.807, 2.05) is 0 Å². The Morgan fingerprint density at radius 2 is 2.13 bits per heavy atom. The van der Waals surface area contributed by atoms with E-state index in [4.69, 9.17) is 5.73 Å². The molecule has 1 saturated heterocycles. The lowest BCUT2D eigenvalue weighted by Gasteiger charge is -2.29. The van der Waals surface area contributed by atoms with Crippen LogP contribution in [0.5, 0.6) is 0 Å². The molecule has 1 aromatic carbocycles. The Bertz CT molecular complexity index is 518. The van der Waals surface area contributed by atoms with Crippen molar-refractivity contribution < 1.29 is 9.53 Å². The number of benzene rings is 1. The summed E-state index contributed by atoms with van der Waals surface area (Å²) in [4.78, 5) is 12.3. The molecule has 2 rings (SSSR count). The summed E-state index contributed by atoms with van der Waals surface area (Å²) in [5.41, 5.74) is 8.40. The second-order valence-corrected chi connectivity index (χ2v) is 5.62. The number of hydrogen-bond donors (Lipinski definition) is 1. The van der Waals surface area contributed by atoms with E-state index in [1.54, 1.807) is 13.0 Å². The molecule has 1 aromatic rings. The molecule has 0 radical (unpaired) electrons. The maximum Gasteiger partial charge on any atom is 0.184 e. The highest BCUT2D eigenvalue weighted by molar-refractivity contribution is 5.70. The second kappa shape index (κ2) is 10.8. The molecule has 0 aromatic heterocycles. The fraction of sp³-hybridized carbons (Fsp3) is 0.421. The minimum Gasteiger partial charge on any atom is -0.463 e. The Hall–Kier alpha value is -1.91. The van der Waals surface area contributed by atoms with Crippen LogP contribution in [0.25, 0.3) is 0 Å². The van der Waals surface area contributed by atoms with Crippen LogP contribution in [0, 0.1) is 0 Å². The Kier molecular flexibility index (Phi) is 8.95. The van der Waals surface area contributed by atoms with Gasteiger partial charge in [0.05, 0.1) is 6.26 Å². The van der Waals surface area contributed by atoms with Crippen LogP contribution in [0.1, 0.15) is 36.8 Å². The number of ether oxygens (including phenoxy) is 1. The Morgan fingerprint density at radius 1 is 1.43 bits per heavy atom. The van der Waals surface area contributed by atoms with Gasteiger partial charge in [0.1, 0.15) is 0 Å². The van der Waals surface area contributed by atoms with Gasteiger partial charge in [0.2, 0.25) is 0 Å². The van der Waals surface area contributed by atoms with Gasteiger partial charge in [-0.25, -0.2) is 0 Å². The number of nitrogens with zero attached hydrogens (tertiary/aromatic N) is 1. The third-order valence-electron chi connectivity index (χ3n) is 4.00. The summed E-state index contributed by atoms with van der Waals surface area (Å²) < 4.78 is 4.60. The highest BCUT2D eigenvalue weighted by Crippen LogP contribution is 2.27. The molecule has 1 heterocycles. The average Bonchev–Trinajstić information content (AvgIpc) is 2.61. The van der Waals surface area contributed by atoms with Gasteiger partial charge >= 0.3 is 0 Å². The van der Waals surface area contributed by atoms with Crippen molar-refractivity contribution in [1.82, 2.24) is 4.90 Å². The van der Waals surface area contributed by atoms with E-state index >= 15 is 0 Å². The van der Waals surface area contributed by atoms with Crippen LogP contribution >= 0.6 is 0 Å². The van der Waals surface area contributed by atoms with Gasteiger partial charge in [-0.3, -0.25) is 4.79 Å². The van der Waals surface area contributed by atoms with Crippen LogP contribution in [0.3, 0.4) is 0 Å². The molecule has 0 unspecified atom stereocenters. The lowest BCUT2D eigenvalue weighted by Crippen LogP contribution is -2.29. The van der Waals surface area contributed by atoms with Crippen molar-refractivity contribution >= 4 is 6.29 Å². The van der Waals surface area contributed by atoms with Crippen molar-refractivity contribution in [1.29, 1.82) is 0 Å². The molecule has 1 fully saturated rings. The number of carbonyl (C=O) groups excluding carboxylic acids is 1. The highest BCUT2D eigenvalue weighted by Gasteiger charge is 2.18. The zero-order chi connectivity index (χ0) is 17.1. The average molecular weight is 316 g/mol. The van der Waals surface area contributed by atoms with Gasteiger partial charge in [0, 0.05) is 6.54 Å². The Labute approximate surface area is 139 Å². The second-order valence-electron chi connectivity index (χ2n) is 5.62. The number of rotatable bonds is 5. The van der Waals surface area contributed by atoms with Crippen LogP contribution in [-0.4, -0.2) is 31.3 Å². The van der Waals surface area contributed by atoms with E-state index in [0.717, 1.165) is 5.92 Å². The van der Waals surface area contributed by atoms with Crippen LogP contribution in [0.4, 0.5) is 0 Å². The first-order valence-electron chi connectivity index (χ1n) is 8.01. The maximum atomic E-state index is 9.88. The molecule has 1 aliphatic heterocycles. The smallest absolute Gasteiger partial charge is 0.184 e. The molecule has 0 atom stereocenters. The molecule has 4 nitrogen and oxygen atoms in total. The highest BCUT2D eigenvalue weighted by atomic mass is 16.5. The van der Waals surface area contributed by atoms with E-state index in [2.05, 4.69) is 47.5 Å². The number of carbonyl (C=O) groups is 1. The Balaban J connectivity index is 0.000000284. The van der Waals surface area contributed by atoms with Gasteiger partial charge in [0.25, 0.3) is 0 Å². The third kappa shape index (κ3) is 6.80. The van der Waals surface area contributed by atoms with Crippen molar-refractivity contribution in [2.75, 3.05) is 20.1 Å². The number of piperidine rings is 1. The first-order chi connectivity index (χ1) is 11.1. The molecule has 2 N–H and O–H groups in total. The number of allylic oxidation sites excluding steroid dienone is 2. The number of hydrogen-bond acceptors (Lipinski definition) is 4. The van der Waals surface area contributed by atoms with Crippen molar-refractivity contribution in [3.05, 3.63) is 60.1 Å². The van der Waals surface area contributed by atoms with E-state index in [1.165, 1.54) is 43.3 Å². The number of nitrogens with two attached hydrogens (primary N) is 1. The first-order valence-corrected chi connectivity index (χ1v) is 8.01. The minimum absolute atomic E-state index is 0.292. The van der Waals surface area contributed by atoms with Gasteiger partial charge < -0.3 is 15.4 Å². The third-order valence-corrected chi connectivity index (χ3v) is 4.00. The summed E-state index contributed by atoms with van der Waals surface area (Å²) in [6.07, 6.45) is 5.97. The van der Waals surface area contributed by atoms with Gasteiger partial charge in [-0.05, 0) is 63.0 Å². The van der Waals surface area contributed by atoms with Crippen molar-refractivity contribution in [2.24, 2.45) is 5.73 Å². The zero-order valence-corrected chi connectivity index (χ0v) is 14.2. The molecule has 126 valence electrons. The Morgan fingerprint density at radius 3 is 2.61 bits per heavy atom. The summed E-state index contributed by atoms with van der Waals surface area (Å²) in [6, 6.07) is 8.76. The lowest BCUT2D eigenvalue weighted by molar-refractivity contribution is -0.107. The number of aldehydes is 1. The van der Waals surface area contributed by atoms with Crippen molar-refractivity contribution in [3.8, 4) is 0 Å². The topological polar surface area (TPSA) is 55.6 Å². The van der Waals surface area contributed by atoms with E-state index in [-0.39, 0.29) is 0 Å². The monoisotopic (exact) mass is 316 g/mol. The lowest BCUT2D eigenvalue weighted by atomic mass is 9.89. The summed E-state index contributed by atoms with van der Waals surface area (Å²) in [5, 5.41) is 0. The molecule has 0 saturated carbocycles. The van der Waals surface area contributed by atoms with Crippen LogP contribution in [0.15, 0.2) is 48.9 Å². The van der Waals surface area contributed by atoms with Crippen molar-refractivity contribution in [3.63, 3.8) is 0 Å². The summed E-state index contributed by atoms with van der Waals surface area (Å²) in [5.74, 6) is 1.03. The van der Waals surface area contributed by atoms with E-state index in [0.29, 0.717) is 18.6 Å². The van der Waals surface area contributed by atoms with Gasteiger partial charge in [-0.2, -0.15) is 0 Å². The molecule has 0 spiro atoms. The molecule has 23 heavy (non-hydrogen) atoms. The van der Waals surface area contributed by atoms with Crippen molar-refractivity contribution in [2.45, 2.75) is 32.2 Å². The van der Waals surface area contributed by atoms with E-state index in [9.17, 15) is 4.79 Å². The first kappa shape index (κ1) is 19.1. The molecule has 4 heteroatoms. The fourth-order valence-corrected chi connectivity index (χ4v) is 2.58. The summed E-state index contributed by atoms with van der Waals surface area (Å²) in [6.45, 7) is 8.08. The van der Waals surface area contributed by atoms with Gasteiger partial charge in [0.15, 0.2) is 12.0 Å². The molecule has 1 aliphatic rings. The maximum absolute atomic E-state index is 9.88. The quantitative estimate of drug-likeness (QED) is 0.515. The zero-order valence-electron chi connectivity index (χ0n) is 14.2. The van der Waals surface area contributed by atoms with Crippen LogP contribution in [-0.2, 0) is 16.1 Å². The standard InChI is InChI=1S/C13H20N2.C6H8O2/c1-15-7-5-12(6-8-15)13-4-2-3-11(9-13)10-14;1-3-6(5-7)8-4-2/h2-4,9,12H,5-8,10,14H2,1H3;3-5H,2H2,1H3/b;6-3-. The van der Waals surface area contributed by atoms with Crippen LogP contribution in [0.2, 0.25) is 0 Å². The summed E-state index contributed by atoms with van der Waals surface area (Å²) in [7, 11) is 2.20. The van der Waals surface area contributed by atoms with Crippen LogP contribution < -0.4 is 5.73 Å². The molecule has 0 aliphatic carbocycles. The van der Waals surface area contributed by atoms with Gasteiger partial charge in [-0.15, -0.1) is 0 Å². The molecule has 0 amide bonds.